The summed E-state index contributed by atoms with van der Waals surface area (Å²) in [6.45, 7) is 1.90. The Balaban J connectivity index is 2.55. The summed E-state index contributed by atoms with van der Waals surface area (Å²) in [5.74, 6) is 0. The highest BCUT2D eigenvalue weighted by molar-refractivity contribution is 7.71. The third-order valence-electron chi connectivity index (χ3n) is 2.65. The third kappa shape index (κ3) is 2.00. The molecule has 6 nitrogen and oxygen atoms in total. The van der Waals surface area contributed by atoms with E-state index in [4.69, 9.17) is 12.2 Å². The molecule has 0 saturated carbocycles. The van der Waals surface area contributed by atoms with Crippen LogP contribution in [0, 0.1) is 21.8 Å². The maximum Gasteiger partial charge on any atom is 0.269 e. The molecule has 2 N–H and O–H groups in total. The van der Waals surface area contributed by atoms with Crippen LogP contribution in [0.2, 0.25) is 0 Å². The molecule has 94 valence electrons. The number of aryl methyl sites for hydroxylation is 1. The van der Waals surface area contributed by atoms with Gasteiger partial charge in [0.2, 0.25) is 0 Å². The molecule has 0 aliphatic carbocycles. The minimum absolute atomic E-state index is 0.0709. The zero-order valence-electron chi connectivity index (χ0n) is 9.93. The van der Waals surface area contributed by atoms with Crippen molar-refractivity contribution in [1.82, 2.24) is 9.66 Å². The lowest BCUT2D eigenvalue weighted by Gasteiger charge is -2.07. The average molecular weight is 264 g/mol. The number of H-pyrrole nitrogens is 1. The van der Waals surface area contributed by atoms with Crippen LogP contribution in [0.4, 0.5) is 5.69 Å². The second-order valence-electron chi connectivity index (χ2n) is 3.77. The first kappa shape index (κ1) is 12.3. The number of aromatic nitrogens is 2. The first-order valence-electron chi connectivity index (χ1n) is 5.29. The SMILES string of the molecule is CNn1c(-c2ccc([N+](=O)[O-])cc2)c(C)[nH]c1=S. The van der Waals surface area contributed by atoms with Gasteiger partial charge in [-0.15, -0.1) is 0 Å². The van der Waals surface area contributed by atoms with Gasteiger partial charge in [-0.3, -0.25) is 10.1 Å². The lowest BCUT2D eigenvalue weighted by molar-refractivity contribution is -0.384. The molecule has 0 atom stereocenters. The number of non-ortho nitro benzene ring substituents is 1. The Labute approximate surface area is 108 Å². The summed E-state index contributed by atoms with van der Waals surface area (Å²) in [6, 6.07) is 6.36. The number of rotatable bonds is 3. The Hall–Kier alpha value is -2.15. The Kier molecular flexibility index (Phi) is 3.15. The number of nitro groups is 1. The van der Waals surface area contributed by atoms with Crippen LogP contribution in [-0.2, 0) is 0 Å². The smallest absolute Gasteiger partial charge is 0.269 e. The molecular formula is C11H12N4O2S. The number of imidazole rings is 1. The van der Waals surface area contributed by atoms with Gasteiger partial charge in [-0.1, -0.05) is 0 Å². The minimum Gasteiger partial charge on any atom is -0.333 e. The van der Waals surface area contributed by atoms with Gasteiger partial charge in [-0.25, -0.2) is 4.68 Å². The van der Waals surface area contributed by atoms with Gasteiger partial charge in [-0.05, 0) is 31.3 Å². The minimum atomic E-state index is -0.418. The molecule has 0 aliphatic heterocycles. The quantitative estimate of drug-likeness (QED) is 0.507. The van der Waals surface area contributed by atoms with Crippen molar-refractivity contribution in [1.29, 1.82) is 0 Å². The summed E-state index contributed by atoms with van der Waals surface area (Å²) in [7, 11) is 1.76. The number of aromatic amines is 1. The topological polar surface area (TPSA) is 75.9 Å². The van der Waals surface area contributed by atoms with Gasteiger partial charge in [0.1, 0.15) is 0 Å². The molecule has 0 unspecified atom stereocenters. The van der Waals surface area contributed by atoms with Crippen molar-refractivity contribution in [3.05, 3.63) is 44.8 Å². The van der Waals surface area contributed by atoms with E-state index in [1.807, 2.05) is 6.92 Å². The normalized spacial score (nSPS) is 10.3. The Morgan fingerprint density at radius 3 is 2.50 bits per heavy atom. The van der Waals surface area contributed by atoms with Crippen LogP contribution >= 0.6 is 12.2 Å². The highest BCUT2D eigenvalue weighted by atomic mass is 32.1. The average Bonchev–Trinajstić information content (AvgIpc) is 2.63. The molecule has 0 amide bonds. The van der Waals surface area contributed by atoms with Crippen molar-refractivity contribution in [2.45, 2.75) is 6.92 Å². The molecule has 0 fully saturated rings. The number of nitrogens with one attached hydrogen (secondary N) is 2. The molecular weight excluding hydrogens is 252 g/mol. The van der Waals surface area contributed by atoms with Gasteiger partial charge in [0.25, 0.3) is 5.69 Å². The van der Waals surface area contributed by atoms with E-state index in [2.05, 4.69) is 10.4 Å². The van der Waals surface area contributed by atoms with E-state index in [1.165, 1.54) is 12.1 Å². The Morgan fingerprint density at radius 1 is 1.39 bits per heavy atom. The van der Waals surface area contributed by atoms with Crippen molar-refractivity contribution >= 4 is 17.9 Å². The molecule has 1 aromatic heterocycles. The maximum absolute atomic E-state index is 10.6. The number of benzene rings is 1. The molecule has 2 rings (SSSR count). The van der Waals surface area contributed by atoms with Crippen LogP contribution in [0.1, 0.15) is 5.69 Å². The fourth-order valence-corrected chi connectivity index (χ4v) is 2.18. The van der Waals surface area contributed by atoms with Crippen molar-refractivity contribution in [3.63, 3.8) is 0 Å². The summed E-state index contributed by atoms with van der Waals surface area (Å²) in [5, 5.41) is 10.6. The van der Waals surface area contributed by atoms with Crippen LogP contribution in [0.15, 0.2) is 24.3 Å². The molecule has 0 spiro atoms. The molecule has 0 bridgehead atoms. The highest BCUT2D eigenvalue weighted by Crippen LogP contribution is 2.24. The molecule has 0 saturated heterocycles. The second kappa shape index (κ2) is 4.61. The van der Waals surface area contributed by atoms with E-state index < -0.39 is 4.92 Å². The highest BCUT2D eigenvalue weighted by Gasteiger charge is 2.12. The zero-order chi connectivity index (χ0) is 13.3. The van der Waals surface area contributed by atoms with E-state index in [9.17, 15) is 10.1 Å². The number of nitrogens with zero attached hydrogens (tertiary/aromatic N) is 2. The summed E-state index contributed by atoms with van der Waals surface area (Å²) < 4.78 is 2.29. The Morgan fingerprint density at radius 2 is 2.00 bits per heavy atom. The van der Waals surface area contributed by atoms with Crippen molar-refractivity contribution < 1.29 is 4.92 Å². The summed E-state index contributed by atoms with van der Waals surface area (Å²) in [4.78, 5) is 13.2. The van der Waals surface area contributed by atoms with Gasteiger partial charge in [-0.2, -0.15) is 0 Å². The second-order valence-corrected chi connectivity index (χ2v) is 4.15. The van der Waals surface area contributed by atoms with E-state index in [1.54, 1.807) is 23.9 Å². The zero-order valence-corrected chi connectivity index (χ0v) is 10.7. The van der Waals surface area contributed by atoms with E-state index in [-0.39, 0.29) is 5.69 Å². The fourth-order valence-electron chi connectivity index (χ4n) is 1.84. The predicted octanol–water partition coefficient (Wildman–Crippen LogP) is 2.60. The van der Waals surface area contributed by atoms with Crippen LogP contribution < -0.4 is 5.43 Å². The van der Waals surface area contributed by atoms with Gasteiger partial charge >= 0.3 is 0 Å². The first-order chi connectivity index (χ1) is 8.54. The van der Waals surface area contributed by atoms with Gasteiger partial charge in [0.05, 0.1) is 10.6 Å². The Bertz CT molecular complexity index is 642. The number of nitro benzene ring substituents is 1. The molecule has 1 aromatic carbocycles. The monoisotopic (exact) mass is 264 g/mol. The standard InChI is InChI=1S/C11H12N4O2S/c1-7-10(14(12-2)11(18)13-7)8-3-5-9(6-4-8)15(16)17/h3-6,12H,1-2H3,(H,13,18). The summed E-state index contributed by atoms with van der Waals surface area (Å²) in [6.07, 6.45) is 0. The van der Waals surface area contributed by atoms with Crippen molar-refractivity contribution in [2.75, 3.05) is 12.5 Å². The fraction of sp³-hybridized carbons (Fsp3) is 0.182. The van der Waals surface area contributed by atoms with E-state index >= 15 is 0 Å². The predicted molar refractivity (Wildman–Crippen MR) is 71.7 cm³/mol. The van der Waals surface area contributed by atoms with Crippen LogP contribution in [0.5, 0.6) is 0 Å². The first-order valence-corrected chi connectivity index (χ1v) is 5.69. The lowest BCUT2D eigenvalue weighted by atomic mass is 10.1. The van der Waals surface area contributed by atoms with Gasteiger partial charge in [0, 0.05) is 30.4 Å². The molecule has 1 heterocycles. The molecule has 18 heavy (non-hydrogen) atoms. The van der Waals surface area contributed by atoms with Crippen molar-refractivity contribution in [3.8, 4) is 11.3 Å². The molecule has 7 heteroatoms. The molecule has 2 aromatic rings. The van der Waals surface area contributed by atoms with Crippen LogP contribution in [-0.4, -0.2) is 21.6 Å². The lowest BCUT2D eigenvalue weighted by Crippen LogP contribution is -2.10. The van der Waals surface area contributed by atoms with E-state index in [0.29, 0.717) is 4.77 Å². The number of hydrogen-bond donors (Lipinski definition) is 2. The van der Waals surface area contributed by atoms with Crippen LogP contribution in [0.3, 0.4) is 0 Å². The van der Waals surface area contributed by atoms with Crippen LogP contribution in [0.25, 0.3) is 11.3 Å². The third-order valence-corrected chi connectivity index (χ3v) is 2.94. The van der Waals surface area contributed by atoms with E-state index in [0.717, 1.165) is 17.0 Å². The maximum atomic E-state index is 10.6. The van der Waals surface area contributed by atoms with Gasteiger partial charge in [0.15, 0.2) is 4.77 Å². The van der Waals surface area contributed by atoms with Gasteiger partial charge < -0.3 is 10.4 Å². The molecule has 0 aliphatic rings. The largest absolute Gasteiger partial charge is 0.333 e. The summed E-state index contributed by atoms with van der Waals surface area (Å²) >= 11 is 5.16. The molecule has 0 radical (unpaired) electrons. The number of hydrogen-bond acceptors (Lipinski definition) is 4. The summed E-state index contributed by atoms with van der Waals surface area (Å²) in [5.41, 5.74) is 5.68. The van der Waals surface area contributed by atoms with Crippen molar-refractivity contribution in [2.24, 2.45) is 0 Å².